The van der Waals surface area contributed by atoms with E-state index in [-0.39, 0.29) is 15.3 Å². The first kappa shape index (κ1) is 16.2. The van der Waals surface area contributed by atoms with Gasteiger partial charge in [-0.3, -0.25) is 0 Å². The summed E-state index contributed by atoms with van der Waals surface area (Å²) in [5.74, 6) is 0.250. The molecule has 4 N–H and O–H groups in total. The Morgan fingerprint density at radius 1 is 0.818 bits per heavy atom. The van der Waals surface area contributed by atoms with Crippen molar-refractivity contribution in [1.29, 1.82) is 0 Å². The maximum atomic E-state index is 10.2. The number of rotatable bonds is 5. The maximum Gasteiger partial charge on any atom is 0.142 e. The summed E-state index contributed by atoms with van der Waals surface area (Å²) in [7, 11) is 5.51. The maximum absolute atomic E-state index is 10.2. The second-order valence-corrected chi connectivity index (χ2v) is 6.96. The fraction of sp³-hybridized carbons (Fsp3) is 0.294. The van der Waals surface area contributed by atoms with Crippen LogP contribution in [0.2, 0.25) is 0 Å². The molecule has 0 amide bonds. The summed E-state index contributed by atoms with van der Waals surface area (Å²) >= 11 is 0. The zero-order valence-corrected chi connectivity index (χ0v) is 15.0. The van der Waals surface area contributed by atoms with Gasteiger partial charge in [0.2, 0.25) is 0 Å². The standard InChI is InChI=1S/C17H24N3OSi/c1-10-6-11(2)8-12(7-10)22-17-13(18-3)9-14(21)15(19-4)16(17)20-5/h6-9,18-22H,1-5H3. The molecule has 0 aliphatic heterocycles. The van der Waals surface area contributed by atoms with E-state index < -0.39 is 0 Å². The first-order chi connectivity index (χ1) is 10.5. The van der Waals surface area contributed by atoms with Gasteiger partial charge in [0.25, 0.3) is 0 Å². The molecular weight excluding hydrogens is 290 g/mol. The molecule has 0 spiro atoms. The monoisotopic (exact) mass is 314 g/mol. The van der Waals surface area contributed by atoms with Gasteiger partial charge in [-0.2, -0.15) is 0 Å². The third-order valence-electron chi connectivity index (χ3n) is 3.67. The third-order valence-corrected chi connectivity index (χ3v) is 5.23. The van der Waals surface area contributed by atoms with Crippen LogP contribution in [-0.4, -0.2) is 35.8 Å². The van der Waals surface area contributed by atoms with E-state index in [0.717, 1.165) is 17.1 Å². The molecule has 0 aromatic heterocycles. The lowest BCUT2D eigenvalue weighted by atomic mass is 10.2. The van der Waals surface area contributed by atoms with Crippen LogP contribution in [0.3, 0.4) is 0 Å². The lowest BCUT2D eigenvalue weighted by Crippen LogP contribution is -2.32. The highest BCUT2D eigenvalue weighted by molar-refractivity contribution is 6.70. The Hall–Kier alpha value is -2.14. The molecule has 0 heterocycles. The molecule has 5 heteroatoms. The number of hydrogen-bond donors (Lipinski definition) is 4. The van der Waals surface area contributed by atoms with Crippen LogP contribution in [0.5, 0.6) is 5.75 Å². The Kier molecular flexibility index (Phi) is 4.98. The fourth-order valence-corrected chi connectivity index (χ4v) is 4.66. The van der Waals surface area contributed by atoms with Gasteiger partial charge in [0.15, 0.2) is 0 Å². The smallest absolute Gasteiger partial charge is 0.142 e. The SMILES string of the molecule is CNc1cc(O)c(NC)c(NC)c1[SiH]c1cc(C)cc(C)c1. The molecule has 2 aromatic rings. The molecule has 0 aliphatic carbocycles. The Morgan fingerprint density at radius 2 is 1.41 bits per heavy atom. The van der Waals surface area contributed by atoms with Gasteiger partial charge >= 0.3 is 0 Å². The zero-order valence-electron chi connectivity index (χ0n) is 13.8. The van der Waals surface area contributed by atoms with E-state index in [1.165, 1.54) is 21.5 Å². The zero-order chi connectivity index (χ0) is 16.3. The minimum Gasteiger partial charge on any atom is -0.506 e. The summed E-state index contributed by atoms with van der Waals surface area (Å²) < 4.78 is 0. The average Bonchev–Trinajstić information content (AvgIpc) is 2.46. The van der Waals surface area contributed by atoms with Gasteiger partial charge in [-0.1, -0.05) is 34.5 Å². The van der Waals surface area contributed by atoms with Crippen LogP contribution in [-0.2, 0) is 0 Å². The van der Waals surface area contributed by atoms with Crippen molar-refractivity contribution >= 4 is 37.0 Å². The Labute approximate surface area is 134 Å². The highest BCUT2D eigenvalue weighted by Crippen LogP contribution is 2.33. The summed E-state index contributed by atoms with van der Waals surface area (Å²) in [4.78, 5) is 0. The van der Waals surface area contributed by atoms with E-state index in [1.807, 2.05) is 21.1 Å². The number of benzene rings is 2. The van der Waals surface area contributed by atoms with Gasteiger partial charge in [-0.25, -0.2) is 0 Å². The van der Waals surface area contributed by atoms with Crippen LogP contribution in [0.25, 0.3) is 0 Å². The largest absolute Gasteiger partial charge is 0.506 e. The predicted molar refractivity (Wildman–Crippen MR) is 99.1 cm³/mol. The lowest BCUT2D eigenvalue weighted by molar-refractivity contribution is 0.478. The van der Waals surface area contributed by atoms with Crippen molar-refractivity contribution in [2.75, 3.05) is 37.1 Å². The Morgan fingerprint density at radius 3 is 1.91 bits per heavy atom. The van der Waals surface area contributed by atoms with E-state index >= 15 is 0 Å². The van der Waals surface area contributed by atoms with Crippen LogP contribution >= 0.6 is 0 Å². The van der Waals surface area contributed by atoms with Crippen LogP contribution in [0.4, 0.5) is 17.1 Å². The molecular formula is C17H24N3OSi. The molecule has 0 unspecified atom stereocenters. The van der Waals surface area contributed by atoms with E-state index in [9.17, 15) is 5.11 Å². The van der Waals surface area contributed by atoms with Gasteiger partial charge in [-0.05, 0) is 19.0 Å². The second kappa shape index (κ2) is 6.75. The minimum absolute atomic E-state index is 0.0895. The number of hydrogen-bond acceptors (Lipinski definition) is 4. The molecule has 1 radical (unpaired) electrons. The number of nitrogens with one attached hydrogen (secondary N) is 3. The van der Waals surface area contributed by atoms with Crippen molar-refractivity contribution in [3.63, 3.8) is 0 Å². The van der Waals surface area contributed by atoms with Crippen molar-refractivity contribution in [3.8, 4) is 5.75 Å². The van der Waals surface area contributed by atoms with Crippen molar-refractivity contribution in [3.05, 3.63) is 35.4 Å². The third kappa shape index (κ3) is 3.19. The quantitative estimate of drug-likeness (QED) is 0.499. The Balaban J connectivity index is 2.57. The summed E-state index contributed by atoms with van der Waals surface area (Å²) in [6.07, 6.45) is 0. The van der Waals surface area contributed by atoms with Gasteiger partial charge in [0.1, 0.15) is 15.3 Å². The molecule has 0 saturated carbocycles. The highest BCUT2D eigenvalue weighted by Gasteiger charge is 2.17. The number of phenolic OH excluding ortho intramolecular Hbond substituents is 1. The molecule has 0 saturated heterocycles. The Bertz CT molecular complexity index is 666. The summed E-state index contributed by atoms with van der Waals surface area (Å²) in [6.45, 7) is 4.26. The van der Waals surface area contributed by atoms with E-state index in [0.29, 0.717) is 0 Å². The first-order valence-electron chi connectivity index (χ1n) is 7.36. The normalized spacial score (nSPS) is 10.4. The molecule has 2 rings (SSSR count). The number of anilines is 3. The van der Waals surface area contributed by atoms with E-state index in [2.05, 4.69) is 48.0 Å². The summed E-state index contributed by atoms with van der Waals surface area (Å²) in [5, 5.41) is 22.3. The van der Waals surface area contributed by atoms with Crippen molar-refractivity contribution in [1.82, 2.24) is 0 Å². The molecule has 22 heavy (non-hydrogen) atoms. The minimum atomic E-state index is -0.0895. The van der Waals surface area contributed by atoms with Crippen LogP contribution in [0, 0.1) is 13.8 Å². The van der Waals surface area contributed by atoms with E-state index in [1.54, 1.807) is 6.07 Å². The van der Waals surface area contributed by atoms with Crippen molar-refractivity contribution < 1.29 is 5.11 Å². The molecule has 4 nitrogen and oxygen atoms in total. The fourth-order valence-electron chi connectivity index (χ4n) is 2.81. The second-order valence-electron chi connectivity index (χ2n) is 5.42. The average molecular weight is 314 g/mol. The molecule has 0 atom stereocenters. The van der Waals surface area contributed by atoms with Gasteiger partial charge < -0.3 is 21.1 Å². The topological polar surface area (TPSA) is 56.3 Å². The number of aryl methyl sites for hydroxylation is 2. The van der Waals surface area contributed by atoms with Gasteiger partial charge in [0, 0.05) is 32.9 Å². The summed E-state index contributed by atoms with van der Waals surface area (Å²) in [6, 6.07) is 8.47. The molecule has 117 valence electrons. The lowest BCUT2D eigenvalue weighted by Gasteiger charge is -2.20. The summed E-state index contributed by atoms with van der Waals surface area (Å²) in [5.41, 5.74) is 5.24. The van der Waals surface area contributed by atoms with Gasteiger partial charge in [0.05, 0.1) is 11.4 Å². The van der Waals surface area contributed by atoms with E-state index in [4.69, 9.17) is 0 Å². The highest BCUT2D eigenvalue weighted by atomic mass is 28.2. The van der Waals surface area contributed by atoms with Gasteiger partial charge in [-0.15, -0.1) is 0 Å². The van der Waals surface area contributed by atoms with Crippen molar-refractivity contribution in [2.24, 2.45) is 0 Å². The molecule has 0 fully saturated rings. The van der Waals surface area contributed by atoms with Crippen LogP contribution < -0.4 is 26.3 Å². The van der Waals surface area contributed by atoms with Crippen LogP contribution in [0.1, 0.15) is 11.1 Å². The molecule has 0 aliphatic rings. The molecule has 0 bridgehead atoms. The molecule has 2 aromatic carbocycles. The predicted octanol–water partition coefficient (Wildman–Crippen LogP) is 1.52. The van der Waals surface area contributed by atoms with Crippen molar-refractivity contribution in [2.45, 2.75) is 13.8 Å². The van der Waals surface area contributed by atoms with Crippen LogP contribution in [0.15, 0.2) is 24.3 Å². The first-order valence-corrected chi connectivity index (χ1v) is 8.52. The number of phenols is 1. The number of aromatic hydroxyl groups is 1.